The molecule has 0 bridgehead atoms. The number of carboxylic acid groups (broad SMARTS) is 1. The number of nitrogens with two attached hydrogens (primary N) is 3. The third-order valence-corrected chi connectivity index (χ3v) is 5.01. The Kier molecular flexibility index (Phi) is 6.30. The molecule has 9 N–H and O–H groups in total. The zero-order chi connectivity index (χ0) is 22.7. The predicted octanol–water partition coefficient (Wildman–Crippen LogP) is 1.91. The number of aromatic hydroxyl groups is 1. The Morgan fingerprint density at radius 3 is 2.65 bits per heavy atom. The number of hydrogen-bond acceptors (Lipinski definition) is 9. The topological polar surface area (TPSA) is 183 Å². The maximum Gasteiger partial charge on any atom is 0.320 e. The number of phenols is 1. The van der Waals surface area contributed by atoms with Gasteiger partial charge in [-0.1, -0.05) is 6.07 Å². The summed E-state index contributed by atoms with van der Waals surface area (Å²) in [4.78, 5) is 19.0. The monoisotopic (exact) mass is 426 g/mol. The Hall–Kier alpha value is -3.79. The molecular weight excluding hydrogens is 400 g/mol. The fraction of sp³-hybridized carbons (Fsp3) is 0.286. The third-order valence-electron chi connectivity index (χ3n) is 5.01. The number of hydrogen-bond donors (Lipinski definition) is 6. The second-order valence-electron chi connectivity index (χ2n) is 7.29. The summed E-state index contributed by atoms with van der Waals surface area (Å²) in [7, 11) is 0. The van der Waals surface area contributed by atoms with Gasteiger partial charge in [0.25, 0.3) is 0 Å². The molecule has 0 aliphatic carbocycles. The molecule has 0 amide bonds. The molecule has 0 unspecified atom stereocenters. The summed E-state index contributed by atoms with van der Waals surface area (Å²) in [5, 5.41) is 23.2. The number of rotatable bonds is 8. The molecule has 1 aromatic heterocycles. The summed E-state index contributed by atoms with van der Waals surface area (Å²) >= 11 is 0. The minimum Gasteiger partial charge on any atom is -0.504 e. The standard InChI is InChI=1S/C21H26N6O4/c1-10-7-13(8-16(28)18(10)31-6-5-14(22)20(29)30)25-9-12-3-4-15-17(11(12)2)19(23)27-21(24)26-15/h3-4,7-8,14,25,28H,5-6,9,22H2,1-2H3,(H,29,30)(H4,23,24,26,27)/t14-/m0/s1. The lowest BCUT2D eigenvalue weighted by Gasteiger charge is -2.16. The number of aromatic nitrogens is 2. The van der Waals surface area contributed by atoms with Gasteiger partial charge in [-0.2, -0.15) is 4.98 Å². The molecule has 3 rings (SSSR count). The molecule has 0 spiro atoms. The van der Waals surface area contributed by atoms with E-state index >= 15 is 0 Å². The zero-order valence-electron chi connectivity index (χ0n) is 17.3. The molecule has 1 atom stereocenters. The summed E-state index contributed by atoms with van der Waals surface area (Å²) in [6, 6.07) is 6.15. The zero-order valence-corrected chi connectivity index (χ0v) is 17.3. The molecule has 31 heavy (non-hydrogen) atoms. The normalized spacial score (nSPS) is 12.0. The number of nitrogens with one attached hydrogen (secondary N) is 1. The van der Waals surface area contributed by atoms with Crippen LogP contribution in [0.4, 0.5) is 17.5 Å². The van der Waals surface area contributed by atoms with Crippen molar-refractivity contribution in [2.45, 2.75) is 32.9 Å². The van der Waals surface area contributed by atoms with Crippen molar-refractivity contribution in [3.05, 3.63) is 41.0 Å². The van der Waals surface area contributed by atoms with Crippen LogP contribution in [-0.2, 0) is 11.3 Å². The fourth-order valence-corrected chi connectivity index (χ4v) is 3.33. The van der Waals surface area contributed by atoms with Crippen molar-refractivity contribution in [1.29, 1.82) is 0 Å². The van der Waals surface area contributed by atoms with Crippen LogP contribution in [-0.4, -0.2) is 38.8 Å². The highest BCUT2D eigenvalue weighted by atomic mass is 16.5. The van der Waals surface area contributed by atoms with Crippen LogP contribution in [0.25, 0.3) is 10.9 Å². The molecule has 1 heterocycles. The van der Waals surface area contributed by atoms with Crippen LogP contribution in [0.15, 0.2) is 24.3 Å². The second kappa shape index (κ2) is 8.92. The van der Waals surface area contributed by atoms with Crippen LogP contribution >= 0.6 is 0 Å². The van der Waals surface area contributed by atoms with Crippen molar-refractivity contribution >= 4 is 34.3 Å². The first-order chi connectivity index (χ1) is 14.7. The maximum absolute atomic E-state index is 10.8. The van der Waals surface area contributed by atoms with E-state index in [0.29, 0.717) is 34.9 Å². The third kappa shape index (κ3) is 4.86. The smallest absolute Gasteiger partial charge is 0.320 e. The minimum atomic E-state index is -1.09. The van der Waals surface area contributed by atoms with E-state index in [-0.39, 0.29) is 24.7 Å². The van der Waals surface area contributed by atoms with E-state index in [2.05, 4.69) is 15.3 Å². The molecular formula is C21H26N6O4. The average Bonchev–Trinajstić information content (AvgIpc) is 2.68. The van der Waals surface area contributed by atoms with E-state index in [9.17, 15) is 9.90 Å². The van der Waals surface area contributed by atoms with Crippen LogP contribution in [0.3, 0.4) is 0 Å². The summed E-state index contributed by atoms with van der Waals surface area (Å²) < 4.78 is 5.54. The Labute approximate surface area is 179 Å². The fourth-order valence-electron chi connectivity index (χ4n) is 3.33. The quantitative estimate of drug-likeness (QED) is 0.311. The largest absolute Gasteiger partial charge is 0.504 e. The first-order valence-electron chi connectivity index (χ1n) is 9.67. The van der Waals surface area contributed by atoms with Crippen molar-refractivity contribution in [1.82, 2.24) is 9.97 Å². The molecule has 3 aromatic rings. The van der Waals surface area contributed by atoms with Crippen LogP contribution in [0.5, 0.6) is 11.5 Å². The van der Waals surface area contributed by atoms with Crippen LogP contribution in [0, 0.1) is 13.8 Å². The van der Waals surface area contributed by atoms with E-state index in [4.69, 9.17) is 27.0 Å². The molecule has 2 aromatic carbocycles. The number of aryl methyl sites for hydroxylation is 2. The van der Waals surface area contributed by atoms with E-state index < -0.39 is 12.0 Å². The van der Waals surface area contributed by atoms with E-state index in [1.54, 1.807) is 13.0 Å². The summed E-state index contributed by atoms with van der Waals surface area (Å²) in [6.45, 7) is 4.30. The van der Waals surface area contributed by atoms with Crippen molar-refractivity contribution in [2.75, 3.05) is 23.4 Å². The van der Waals surface area contributed by atoms with E-state index in [1.807, 2.05) is 25.1 Å². The number of ether oxygens (including phenoxy) is 1. The second-order valence-corrected chi connectivity index (χ2v) is 7.29. The van der Waals surface area contributed by atoms with Gasteiger partial charge in [-0.15, -0.1) is 0 Å². The number of nitrogen functional groups attached to an aromatic ring is 2. The van der Waals surface area contributed by atoms with Gasteiger partial charge >= 0.3 is 5.97 Å². The van der Waals surface area contributed by atoms with Crippen LogP contribution in [0.2, 0.25) is 0 Å². The Bertz CT molecular complexity index is 1110. The van der Waals surface area contributed by atoms with Gasteiger partial charge in [0.2, 0.25) is 5.95 Å². The number of carboxylic acids is 1. The van der Waals surface area contributed by atoms with Gasteiger partial charge in [-0.3, -0.25) is 4.79 Å². The highest BCUT2D eigenvalue weighted by molar-refractivity contribution is 5.92. The first kappa shape index (κ1) is 21.9. The number of phenolic OH excluding ortho intramolecular Hbond substituents is 1. The van der Waals surface area contributed by atoms with Gasteiger partial charge in [0, 0.05) is 30.1 Å². The van der Waals surface area contributed by atoms with Gasteiger partial charge < -0.3 is 37.5 Å². The number of fused-ring (bicyclic) bond motifs is 1. The number of nitrogens with zero attached hydrogens (tertiary/aromatic N) is 2. The van der Waals surface area contributed by atoms with Gasteiger partial charge in [-0.05, 0) is 42.7 Å². The van der Waals surface area contributed by atoms with Gasteiger partial charge in [0.1, 0.15) is 11.9 Å². The van der Waals surface area contributed by atoms with Crippen LogP contribution in [0.1, 0.15) is 23.1 Å². The lowest BCUT2D eigenvalue weighted by molar-refractivity contribution is -0.138. The number of carbonyl (C=O) groups is 1. The molecule has 0 saturated heterocycles. The maximum atomic E-state index is 10.8. The predicted molar refractivity (Wildman–Crippen MR) is 119 cm³/mol. The molecule has 0 fully saturated rings. The number of aliphatic carboxylic acids is 1. The first-order valence-corrected chi connectivity index (χ1v) is 9.67. The van der Waals surface area contributed by atoms with Crippen molar-refractivity contribution in [2.24, 2.45) is 5.73 Å². The highest BCUT2D eigenvalue weighted by Crippen LogP contribution is 2.34. The lowest BCUT2D eigenvalue weighted by atomic mass is 10.0. The Morgan fingerprint density at radius 2 is 1.97 bits per heavy atom. The summed E-state index contributed by atoms with van der Waals surface area (Å²) in [5.74, 6) is -0.375. The van der Waals surface area contributed by atoms with Gasteiger partial charge in [0.05, 0.1) is 12.1 Å². The Morgan fingerprint density at radius 1 is 1.23 bits per heavy atom. The van der Waals surface area contributed by atoms with Crippen LogP contribution < -0.4 is 27.3 Å². The SMILES string of the molecule is Cc1cc(NCc2ccc3nc(N)nc(N)c3c2C)cc(O)c1OCC[C@H](N)C(=O)O. The summed E-state index contributed by atoms with van der Waals surface area (Å²) in [6.07, 6.45) is 0.133. The Balaban J connectivity index is 1.72. The van der Waals surface area contributed by atoms with E-state index in [0.717, 1.165) is 16.5 Å². The molecule has 0 aliphatic rings. The van der Waals surface area contributed by atoms with E-state index in [1.165, 1.54) is 0 Å². The highest BCUT2D eigenvalue weighted by Gasteiger charge is 2.14. The molecule has 0 saturated carbocycles. The van der Waals surface area contributed by atoms with Crippen molar-refractivity contribution < 1.29 is 19.7 Å². The average molecular weight is 426 g/mol. The van der Waals surface area contributed by atoms with Crippen molar-refractivity contribution in [3.8, 4) is 11.5 Å². The van der Waals surface area contributed by atoms with Gasteiger partial charge in [-0.25, -0.2) is 4.98 Å². The number of anilines is 3. The summed E-state index contributed by atoms with van der Waals surface area (Å²) in [5.41, 5.74) is 21.2. The number of benzene rings is 2. The van der Waals surface area contributed by atoms with Crippen molar-refractivity contribution in [3.63, 3.8) is 0 Å². The molecule has 10 nitrogen and oxygen atoms in total. The van der Waals surface area contributed by atoms with Gasteiger partial charge in [0.15, 0.2) is 11.5 Å². The molecule has 164 valence electrons. The molecule has 0 aliphatic heterocycles. The molecule has 10 heteroatoms. The lowest BCUT2D eigenvalue weighted by Crippen LogP contribution is -2.31. The molecule has 0 radical (unpaired) electrons. The minimum absolute atomic E-state index is 0.0465.